The number of carbonyl (C=O) groups excluding carboxylic acids is 1. The Morgan fingerprint density at radius 3 is 2.81 bits per heavy atom. The van der Waals surface area contributed by atoms with Gasteiger partial charge in [-0.05, 0) is 29.6 Å². The molecule has 3 nitrogen and oxygen atoms in total. The number of rotatable bonds is 3. The third-order valence-corrected chi connectivity index (χ3v) is 4.32. The van der Waals surface area contributed by atoms with Gasteiger partial charge in [-0.3, -0.25) is 10.1 Å². The lowest BCUT2D eigenvalue weighted by Crippen LogP contribution is -2.13. The van der Waals surface area contributed by atoms with Crippen molar-refractivity contribution in [3.05, 3.63) is 58.3 Å². The predicted octanol–water partition coefficient (Wildman–Crippen LogP) is 4.40. The molecule has 106 valence electrons. The first-order valence-corrected chi connectivity index (χ1v) is 7.65. The molecule has 3 aromatic rings. The highest BCUT2D eigenvalue weighted by Gasteiger charge is 2.15. The van der Waals surface area contributed by atoms with Crippen LogP contribution in [-0.2, 0) is 0 Å². The van der Waals surface area contributed by atoms with Gasteiger partial charge in [0.1, 0.15) is 11.6 Å². The highest BCUT2D eigenvalue weighted by atomic mass is 32.1. The van der Waals surface area contributed by atoms with Gasteiger partial charge >= 0.3 is 0 Å². The number of anilines is 1. The summed E-state index contributed by atoms with van der Waals surface area (Å²) in [5, 5.41) is 6.54. The summed E-state index contributed by atoms with van der Waals surface area (Å²) in [7, 11) is 0. The molecule has 3 rings (SSSR count). The molecule has 0 bridgehead atoms. The summed E-state index contributed by atoms with van der Waals surface area (Å²) >= 11 is 2.76. The number of carbonyl (C=O) groups is 1. The minimum atomic E-state index is -0.774. The zero-order valence-corrected chi connectivity index (χ0v) is 12.1. The van der Waals surface area contributed by atoms with E-state index in [0.717, 1.165) is 28.8 Å². The first-order chi connectivity index (χ1) is 10.1. The molecule has 0 saturated carbocycles. The molecule has 0 aliphatic rings. The Bertz CT molecular complexity index is 784. The van der Waals surface area contributed by atoms with Gasteiger partial charge in [-0.2, -0.15) is 0 Å². The molecule has 0 aliphatic heterocycles. The van der Waals surface area contributed by atoms with Crippen LogP contribution in [0.1, 0.15) is 10.4 Å². The summed E-state index contributed by atoms with van der Waals surface area (Å²) in [4.78, 5) is 17.2. The van der Waals surface area contributed by atoms with Crippen LogP contribution in [0.4, 0.5) is 13.9 Å². The number of hydrogen-bond donors (Lipinski definition) is 1. The second-order valence-electron chi connectivity index (χ2n) is 4.09. The van der Waals surface area contributed by atoms with Crippen LogP contribution < -0.4 is 5.32 Å². The average Bonchev–Trinajstić information content (AvgIpc) is 3.11. The van der Waals surface area contributed by atoms with Crippen LogP contribution >= 0.6 is 22.7 Å². The molecule has 2 heterocycles. The average molecular weight is 322 g/mol. The van der Waals surface area contributed by atoms with Gasteiger partial charge in [0.05, 0.1) is 16.1 Å². The van der Waals surface area contributed by atoms with Gasteiger partial charge < -0.3 is 0 Å². The number of amides is 1. The summed E-state index contributed by atoms with van der Waals surface area (Å²) in [6.07, 6.45) is 0. The van der Waals surface area contributed by atoms with Gasteiger partial charge in [-0.25, -0.2) is 13.8 Å². The van der Waals surface area contributed by atoms with E-state index in [4.69, 9.17) is 0 Å². The van der Waals surface area contributed by atoms with Crippen molar-refractivity contribution in [2.45, 2.75) is 0 Å². The van der Waals surface area contributed by atoms with Gasteiger partial charge in [-0.15, -0.1) is 22.7 Å². The van der Waals surface area contributed by atoms with Gasteiger partial charge in [-0.1, -0.05) is 6.07 Å². The first-order valence-electron chi connectivity index (χ1n) is 5.89. The number of nitrogens with zero attached hydrogens (tertiary/aromatic N) is 1. The molecule has 1 amide bonds. The quantitative estimate of drug-likeness (QED) is 0.776. The molecule has 1 aromatic carbocycles. The summed E-state index contributed by atoms with van der Waals surface area (Å²) < 4.78 is 26.6. The third kappa shape index (κ3) is 2.98. The summed E-state index contributed by atoms with van der Waals surface area (Å²) in [5.41, 5.74) is 0.396. The SMILES string of the molecule is O=C(Nc1nc(-c2cccs2)cs1)c1cc(F)ccc1F. The van der Waals surface area contributed by atoms with E-state index in [-0.39, 0.29) is 5.56 Å². The van der Waals surface area contributed by atoms with Gasteiger partial charge in [0.2, 0.25) is 0 Å². The van der Waals surface area contributed by atoms with Crippen LogP contribution in [0, 0.1) is 11.6 Å². The summed E-state index contributed by atoms with van der Waals surface area (Å²) in [6.45, 7) is 0. The molecule has 0 unspecified atom stereocenters. The Morgan fingerprint density at radius 2 is 2.05 bits per heavy atom. The lowest BCUT2D eigenvalue weighted by atomic mass is 10.2. The van der Waals surface area contributed by atoms with Gasteiger partial charge in [0, 0.05) is 5.38 Å². The highest BCUT2D eigenvalue weighted by Crippen LogP contribution is 2.28. The maximum absolute atomic E-state index is 13.5. The fourth-order valence-corrected chi connectivity index (χ4v) is 3.17. The first kappa shape index (κ1) is 13.8. The van der Waals surface area contributed by atoms with Crippen LogP contribution in [0.2, 0.25) is 0 Å². The van der Waals surface area contributed by atoms with Crippen molar-refractivity contribution in [3.63, 3.8) is 0 Å². The van der Waals surface area contributed by atoms with Crippen LogP contribution in [0.5, 0.6) is 0 Å². The fraction of sp³-hybridized carbons (Fsp3) is 0. The van der Waals surface area contributed by atoms with E-state index in [0.29, 0.717) is 5.13 Å². The Hall–Kier alpha value is -2.12. The maximum Gasteiger partial charge on any atom is 0.260 e. The van der Waals surface area contributed by atoms with Crippen molar-refractivity contribution >= 4 is 33.7 Å². The van der Waals surface area contributed by atoms with Crippen molar-refractivity contribution in [1.82, 2.24) is 4.98 Å². The smallest absolute Gasteiger partial charge is 0.260 e. The number of nitrogens with one attached hydrogen (secondary N) is 1. The number of halogens is 2. The van der Waals surface area contributed by atoms with Crippen LogP contribution in [-0.4, -0.2) is 10.9 Å². The number of aromatic nitrogens is 1. The minimum Gasteiger partial charge on any atom is -0.298 e. The van der Waals surface area contributed by atoms with Crippen molar-refractivity contribution in [2.24, 2.45) is 0 Å². The van der Waals surface area contributed by atoms with E-state index < -0.39 is 17.5 Å². The number of thiophene rings is 1. The van der Waals surface area contributed by atoms with Gasteiger partial charge in [0.25, 0.3) is 5.91 Å². The molecule has 7 heteroatoms. The van der Waals surface area contributed by atoms with Crippen molar-refractivity contribution in [3.8, 4) is 10.6 Å². The zero-order valence-electron chi connectivity index (χ0n) is 10.5. The van der Waals surface area contributed by atoms with Crippen LogP contribution in [0.15, 0.2) is 41.1 Å². The molecule has 0 atom stereocenters. The number of benzene rings is 1. The number of thiazole rings is 1. The summed E-state index contributed by atoms with van der Waals surface area (Å²) in [6, 6.07) is 6.56. The van der Waals surface area contributed by atoms with E-state index >= 15 is 0 Å². The molecular weight excluding hydrogens is 314 g/mol. The fourth-order valence-electron chi connectivity index (χ4n) is 1.70. The second kappa shape index (κ2) is 5.71. The van der Waals surface area contributed by atoms with Gasteiger partial charge in [0.15, 0.2) is 5.13 Å². The number of hydrogen-bond acceptors (Lipinski definition) is 4. The second-order valence-corrected chi connectivity index (χ2v) is 5.90. The lowest BCUT2D eigenvalue weighted by Gasteiger charge is -2.03. The molecule has 0 aliphatic carbocycles. The molecule has 2 aromatic heterocycles. The molecule has 0 fully saturated rings. The highest BCUT2D eigenvalue weighted by molar-refractivity contribution is 7.16. The van der Waals surface area contributed by atoms with E-state index in [2.05, 4.69) is 10.3 Å². The lowest BCUT2D eigenvalue weighted by molar-refractivity contribution is 0.102. The van der Waals surface area contributed by atoms with E-state index in [1.165, 1.54) is 22.7 Å². The monoisotopic (exact) mass is 322 g/mol. The third-order valence-electron chi connectivity index (χ3n) is 2.67. The Balaban J connectivity index is 1.80. The van der Waals surface area contributed by atoms with Crippen LogP contribution in [0.25, 0.3) is 10.6 Å². The topological polar surface area (TPSA) is 42.0 Å². The Labute approximate surface area is 126 Å². The molecule has 0 saturated heterocycles. The normalized spacial score (nSPS) is 10.6. The largest absolute Gasteiger partial charge is 0.298 e. The van der Waals surface area contributed by atoms with Crippen molar-refractivity contribution in [1.29, 1.82) is 0 Å². The minimum absolute atomic E-state index is 0.340. The van der Waals surface area contributed by atoms with Crippen molar-refractivity contribution in [2.75, 3.05) is 5.32 Å². The molecular formula is C14H8F2N2OS2. The maximum atomic E-state index is 13.5. The molecule has 0 spiro atoms. The predicted molar refractivity (Wildman–Crippen MR) is 79.7 cm³/mol. The van der Waals surface area contributed by atoms with E-state index in [9.17, 15) is 13.6 Å². The van der Waals surface area contributed by atoms with Crippen molar-refractivity contribution < 1.29 is 13.6 Å². The summed E-state index contributed by atoms with van der Waals surface area (Å²) in [5.74, 6) is -2.16. The molecule has 0 radical (unpaired) electrons. The Kier molecular flexibility index (Phi) is 3.76. The van der Waals surface area contributed by atoms with E-state index in [1.807, 2.05) is 17.5 Å². The standard InChI is InChI=1S/C14H8F2N2OS2/c15-8-3-4-10(16)9(6-8)13(19)18-14-17-11(7-21-14)12-2-1-5-20-12/h1-7H,(H,17,18,19). The molecule has 21 heavy (non-hydrogen) atoms. The molecule has 1 N–H and O–H groups in total. The Morgan fingerprint density at radius 1 is 1.19 bits per heavy atom. The van der Waals surface area contributed by atoms with E-state index in [1.54, 1.807) is 5.38 Å². The van der Waals surface area contributed by atoms with Crippen LogP contribution in [0.3, 0.4) is 0 Å². The zero-order chi connectivity index (χ0) is 14.8.